The van der Waals surface area contributed by atoms with E-state index in [-0.39, 0.29) is 12.0 Å². The Kier molecular flexibility index (Phi) is 3.66. The number of aryl methyl sites for hydroxylation is 1. The smallest absolute Gasteiger partial charge is 0.129 e. The molecule has 2 aromatic carbocycles. The number of nitrogens with zero attached hydrogens (tertiary/aromatic N) is 2. The molecule has 3 rings (SSSR count). The third-order valence-corrected chi connectivity index (χ3v) is 3.81. The van der Waals surface area contributed by atoms with E-state index in [2.05, 4.69) is 4.98 Å². The van der Waals surface area contributed by atoms with Gasteiger partial charge in [0.1, 0.15) is 11.6 Å². The van der Waals surface area contributed by atoms with Gasteiger partial charge in [-0.15, -0.1) is 0 Å². The van der Waals surface area contributed by atoms with E-state index in [0.717, 1.165) is 11.0 Å². The van der Waals surface area contributed by atoms with Crippen molar-refractivity contribution in [2.24, 2.45) is 7.05 Å². The molecule has 0 amide bonds. The third kappa shape index (κ3) is 2.64. The van der Waals surface area contributed by atoms with Crippen molar-refractivity contribution in [3.8, 4) is 0 Å². The van der Waals surface area contributed by atoms with E-state index < -0.39 is 11.9 Å². The number of aromatic nitrogens is 2. The Bertz CT molecular complexity index is 800. The highest BCUT2D eigenvalue weighted by atomic mass is 35.5. The van der Waals surface area contributed by atoms with E-state index in [1.54, 1.807) is 0 Å². The Morgan fingerprint density at radius 3 is 2.81 bits per heavy atom. The van der Waals surface area contributed by atoms with Crippen molar-refractivity contribution in [3.05, 3.63) is 64.7 Å². The molecule has 1 unspecified atom stereocenters. The first kappa shape index (κ1) is 14.0. The zero-order chi connectivity index (χ0) is 15.0. The first-order valence-corrected chi connectivity index (χ1v) is 6.97. The molecule has 0 spiro atoms. The van der Waals surface area contributed by atoms with Gasteiger partial charge >= 0.3 is 0 Å². The van der Waals surface area contributed by atoms with Gasteiger partial charge in [0.2, 0.25) is 0 Å². The fraction of sp³-hybridized carbons (Fsp3) is 0.188. The Labute approximate surface area is 126 Å². The van der Waals surface area contributed by atoms with E-state index in [1.165, 1.54) is 18.2 Å². The van der Waals surface area contributed by atoms with E-state index in [4.69, 9.17) is 11.6 Å². The third-order valence-electron chi connectivity index (χ3n) is 3.57. The Morgan fingerprint density at radius 1 is 1.29 bits per heavy atom. The topological polar surface area (TPSA) is 38.0 Å². The lowest BCUT2D eigenvalue weighted by atomic mass is 10.1. The van der Waals surface area contributed by atoms with E-state index in [9.17, 15) is 9.50 Å². The average Bonchev–Trinajstić information content (AvgIpc) is 2.78. The van der Waals surface area contributed by atoms with Gasteiger partial charge in [-0.05, 0) is 30.3 Å². The monoisotopic (exact) mass is 304 g/mol. The number of hydrogen-bond acceptors (Lipinski definition) is 2. The Morgan fingerprint density at radius 2 is 2.05 bits per heavy atom. The Balaban J connectivity index is 1.94. The van der Waals surface area contributed by atoms with Crippen LogP contribution in [0.15, 0.2) is 42.5 Å². The number of imidazole rings is 1. The molecule has 0 saturated heterocycles. The largest absolute Gasteiger partial charge is 0.388 e. The Hall–Kier alpha value is -1.91. The summed E-state index contributed by atoms with van der Waals surface area (Å²) < 4.78 is 15.7. The van der Waals surface area contributed by atoms with Crippen molar-refractivity contribution in [1.82, 2.24) is 9.55 Å². The van der Waals surface area contributed by atoms with Gasteiger partial charge in [0.15, 0.2) is 0 Å². The zero-order valence-electron chi connectivity index (χ0n) is 11.4. The second-order valence-electron chi connectivity index (χ2n) is 4.96. The molecule has 0 radical (unpaired) electrons. The molecular weight excluding hydrogens is 291 g/mol. The van der Waals surface area contributed by atoms with E-state index in [1.807, 2.05) is 35.9 Å². The minimum absolute atomic E-state index is 0.189. The second-order valence-corrected chi connectivity index (χ2v) is 5.40. The highest BCUT2D eigenvalue weighted by Gasteiger charge is 2.17. The quantitative estimate of drug-likeness (QED) is 0.802. The number of para-hydroxylation sites is 2. The number of benzene rings is 2. The summed E-state index contributed by atoms with van der Waals surface area (Å²) in [6.07, 6.45) is -0.762. The highest BCUT2D eigenvalue weighted by Crippen LogP contribution is 2.25. The number of fused-ring (bicyclic) bond motifs is 1. The van der Waals surface area contributed by atoms with Crippen molar-refractivity contribution in [2.75, 3.05) is 0 Å². The molecule has 0 bridgehead atoms. The van der Waals surface area contributed by atoms with Crippen molar-refractivity contribution in [1.29, 1.82) is 0 Å². The van der Waals surface area contributed by atoms with Crippen LogP contribution < -0.4 is 0 Å². The maximum atomic E-state index is 13.8. The molecule has 0 aliphatic carbocycles. The van der Waals surface area contributed by atoms with Crippen molar-refractivity contribution in [3.63, 3.8) is 0 Å². The molecule has 3 aromatic rings. The summed E-state index contributed by atoms with van der Waals surface area (Å²) in [5.41, 5.74) is 2.02. The van der Waals surface area contributed by atoms with Crippen LogP contribution in [0.25, 0.3) is 11.0 Å². The minimum Gasteiger partial charge on any atom is -0.388 e. The zero-order valence-corrected chi connectivity index (χ0v) is 12.2. The lowest BCUT2D eigenvalue weighted by molar-refractivity contribution is 0.170. The van der Waals surface area contributed by atoms with Crippen LogP contribution >= 0.6 is 11.6 Å². The van der Waals surface area contributed by atoms with Crippen LogP contribution in [0.5, 0.6) is 0 Å². The summed E-state index contributed by atoms with van der Waals surface area (Å²) in [6, 6.07) is 11.9. The van der Waals surface area contributed by atoms with Crippen molar-refractivity contribution in [2.45, 2.75) is 12.5 Å². The summed E-state index contributed by atoms with van der Waals surface area (Å²) in [4.78, 5) is 4.48. The van der Waals surface area contributed by atoms with E-state index in [0.29, 0.717) is 10.8 Å². The van der Waals surface area contributed by atoms with Crippen LogP contribution in [0.1, 0.15) is 17.5 Å². The molecule has 1 aromatic heterocycles. The molecule has 21 heavy (non-hydrogen) atoms. The van der Waals surface area contributed by atoms with Gasteiger partial charge in [-0.3, -0.25) is 0 Å². The number of aliphatic hydroxyl groups excluding tert-OH is 1. The second kappa shape index (κ2) is 5.47. The SMILES string of the molecule is Cn1c(CC(O)c2cc(Cl)ccc2F)nc2ccccc21. The van der Waals surface area contributed by atoms with Crippen LogP contribution in [0, 0.1) is 5.82 Å². The molecule has 1 heterocycles. The first-order chi connectivity index (χ1) is 10.1. The summed E-state index contributed by atoms with van der Waals surface area (Å²) in [5.74, 6) is 0.230. The fourth-order valence-corrected chi connectivity index (χ4v) is 2.61. The van der Waals surface area contributed by atoms with Crippen LogP contribution in [0.4, 0.5) is 4.39 Å². The van der Waals surface area contributed by atoms with Gasteiger partial charge in [-0.2, -0.15) is 0 Å². The molecule has 3 nitrogen and oxygen atoms in total. The van der Waals surface area contributed by atoms with Crippen molar-refractivity contribution < 1.29 is 9.50 Å². The molecular formula is C16H14ClFN2O. The van der Waals surface area contributed by atoms with Gasteiger partial charge in [-0.1, -0.05) is 23.7 Å². The molecule has 1 N–H and O–H groups in total. The summed E-state index contributed by atoms with van der Waals surface area (Å²) in [7, 11) is 1.88. The number of hydrogen-bond donors (Lipinski definition) is 1. The molecule has 5 heteroatoms. The minimum atomic E-state index is -0.987. The lowest BCUT2D eigenvalue weighted by Gasteiger charge is -2.12. The average molecular weight is 305 g/mol. The molecule has 0 aliphatic heterocycles. The van der Waals surface area contributed by atoms with Gasteiger partial charge in [0.05, 0.1) is 17.1 Å². The van der Waals surface area contributed by atoms with Crippen LogP contribution in [-0.2, 0) is 13.5 Å². The lowest BCUT2D eigenvalue weighted by Crippen LogP contribution is -2.08. The summed E-state index contributed by atoms with van der Waals surface area (Å²) in [5, 5.41) is 10.7. The van der Waals surface area contributed by atoms with E-state index >= 15 is 0 Å². The number of rotatable bonds is 3. The molecule has 0 saturated carbocycles. The first-order valence-electron chi connectivity index (χ1n) is 6.59. The van der Waals surface area contributed by atoms with Crippen molar-refractivity contribution >= 4 is 22.6 Å². The predicted octanol–water partition coefficient (Wildman–Crippen LogP) is 3.64. The standard InChI is InChI=1S/C16H14ClFN2O/c1-20-14-5-3-2-4-13(14)19-16(20)9-15(21)11-8-10(17)6-7-12(11)18/h2-8,15,21H,9H2,1H3. The van der Waals surface area contributed by atoms with Gasteiger partial charge < -0.3 is 9.67 Å². The van der Waals surface area contributed by atoms with Gasteiger partial charge in [0, 0.05) is 24.1 Å². The summed E-state index contributed by atoms with van der Waals surface area (Å²) in [6.45, 7) is 0. The van der Waals surface area contributed by atoms with Crippen LogP contribution in [0.3, 0.4) is 0 Å². The van der Waals surface area contributed by atoms with Gasteiger partial charge in [-0.25, -0.2) is 9.37 Å². The van der Waals surface area contributed by atoms with Crippen LogP contribution in [-0.4, -0.2) is 14.7 Å². The maximum absolute atomic E-state index is 13.8. The fourth-order valence-electron chi connectivity index (χ4n) is 2.43. The highest BCUT2D eigenvalue weighted by molar-refractivity contribution is 6.30. The molecule has 108 valence electrons. The van der Waals surface area contributed by atoms with Gasteiger partial charge in [0.25, 0.3) is 0 Å². The maximum Gasteiger partial charge on any atom is 0.129 e. The molecule has 0 aliphatic rings. The van der Waals surface area contributed by atoms with Crippen LogP contribution in [0.2, 0.25) is 5.02 Å². The molecule has 0 fully saturated rings. The number of aliphatic hydroxyl groups is 1. The molecule has 1 atom stereocenters. The summed E-state index contributed by atoms with van der Waals surface area (Å²) >= 11 is 5.86. The predicted molar refractivity (Wildman–Crippen MR) is 80.8 cm³/mol. The number of halogens is 2. The normalized spacial score (nSPS) is 12.8.